The van der Waals surface area contributed by atoms with Crippen molar-refractivity contribution in [2.75, 3.05) is 18.1 Å². The number of rotatable bonds is 5. The molecule has 7 nitrogen and oxygen atoms in total. The number of nitrogens with zero attached hydrogens (tertiary/aromatic N) is 3. The zero-order chi connectivity index (χ0) is 18.5. The first-order valence-corrected chi connectivity index (χ1v) is 9.42. The number of aromatic nitrogens is 2. The van der Waals surface area contributed by atoms with E-state index in [-0.39, 0.29) is 30.5 Å². The SMILES string of the molecule is O=C(O)CC1CSCCN1C(=O)Cn1nc(-c2ccccc2)ccc1=O. The maximum Gasteiger partial charge on any atom is 0.305 e. The molecule has 3 rings (SSSR count). The standard InChI is InChI=1S/C18H19N3O4S/c22-16-7-6-15(13-4-2-1-3-5-13)19-21(16)11-17(23)20-8-9-26-12-14(20)10-18(24)25/h1-7,14H,8-12H2,(H,24,25). The maximum absolute atomic E-state index is 12.7. The molecule has 1 atom stereocenters. The summed E-state index contributed by atoms with van der Waals surface area (Å²) in [6.45, 7) is 0.287. The van der Waals surface area contributed by atoms with Gasteiger partial charge >= 0.3 is 5.97 Å². The van der Waals surface area contributed by atoms with Crippen molar-refractivity contribution in [3.63, 3.8) is 0 Å². The van der Waals surface area contributed by atoms with Crippen LogP contribution in [0.5, 0.6) is 0 Å². The third-order valence-corrected chi connectivity index (χ3v) is 5.27. The van der Waals surface area contributed by atoms with Gasteiger partial charge in [0.2, 0.25) is 5.91 Å². The van der Waals surface area contributed by atoms with Gasteiger partial charge in [-0.15, -0.1) is 0 Å². The highest BCUT2D eigenvalue weighted by Crippen LogP contribution is 2.19. The number of carboxylic acids is 1. The van der Waals surface area contributed by atoms with Crippen LogP contribution in [0, 0.1) is 0 Å². The van der Waals surface area contributed by atoms with Gasteiger partial charge in [-0.2, -0.15) is 16.9 Å². The van der Waals surface area contributed by atoms with E-state index in [1.165, 1.54) is 6.07 Å². The van der Waals surface area contributed by atoms with Gasteiger partial charge in [0.05, 0.1) is 18.2 Å². The number of hydrogen-bond donors (Lipinski definition) is 1. The number of amides is 1. The van der Waals surface area contributed by atoms with Gasteiger partial charge < -0.3 is 10.0 Å². The summed E-state index contributed by atoms with van der Waals surface area (Å²) in [6.07, 6.45) is -0.0921. The molecule has 2 aromatic rings. The minimum absolute atomic E-state index is 0.0921. The molecule has 0 aliphatic carbocycles. The van der Waals surface area contributed by atoms with E-state index < -0.39 is 5.97 Å². The van der Waals surface area contributed by atoms with Gasteiger partial charge in [0.1, 0.15) is 6.54 Å². The fraction of sp³-hybridized carbons (Fsp3) is 0.333. The van der Waals surface area contributed by atoms with Crippen LogP contribution >= 0.6 is 11.8 Å². The van der Waals surface area contributed by atoms with Gasteiger partial charge in [-0.05, 0) is 6.07 Å². The van der Waals surface area contributed by atoms with Crippen molar-refractivity contribution >= 4 is 23.6 Å². The first-order chi connectivity index (χ1) is 12.5. The zero-order valence-corrected chi connectivity index (χ0v) is 14.9. The van der Waals surface area contributed by atoms with Crippen LogP contribution in [-0.4, -0.2) is 55.8 Å². The van der Waals surface area contributed by atoms with Crippen molar-refractivity contribution < 1.29 is 14.7 Å². The minimum Gasteiger partial charge on any atom is -0.481 e. The summed E-state index contributed by atoms with van der Waals surface area (Å²) in [5.41, 5.74) is 1.10. The molecule has 0 spiro atoms. The molecule has 0 saturated carbocycles. The Hall–Kier alpha value is -2.61. The van der Waals surface area contributed by atoms with E-state index in [2.05, 4.69) is 5.10 Å². The third-order valence-electron chi connectivity index (χ3n) is 4.18. The van der Waals surface area contributed by atoms with Crippen molar-refractivity contribution in [2.24, 2.45) is 0 Å². The number of aliphatic carboxylic acids is 1. The van der Waals surface area contributed by atoms with Crippen LogP contribution in [0.25, 0.3) is 11.3 Å². The smallest absolute Gasteiger partial charge is 0.305 e. The summed E-state index contributed by atoms with van der Waals surface area (Å²) < 4.78 is 1.14. The van der Waals surface area contributed by atoms with E-state index in [1.807, 2.05) is 30.3 Å². The highest BCUT2D eigenvalue weighted by Gasteiger charge is 2.29. The zero-order valence-electron chi connectivity index (χ0n) is 14.1. The molecular formula is C18H19N3O4S. The number of hydrogen-bond acceptors (Lipinski definition) is 5. The molecule has 2 heterocycles. The maximum atomic E-state index is 12.7. The van der Waals surface area contributed by atoms with E-state index in [1.54, 1.807) is 22.7 Å². The van der Waals surface area contributed by atoms with Crippen LogP contribution in [0.3, 0.4) is 0 Å². The topological polar surface area (TPSA) is 92.5 Å². The van der Waals surface area contributed by atoms with Crippen LogP contribution in [0.2, 0.25) is 0 Å². The molecule has 1 aliphatic rings. The molecule has 1 unspecified atom stereocenters. The molecule has 1 fully saturated rings. The van der Waals surface area contributed by atoms with Gasteiger partial charge in [0.15, 0.2) is 0 Å². The molecule has 1 aromatic carbocycles. The second kappa shape index (κ2) is 8.18. The normalized spacial score (nSPS) is 17.1. The summed E-state index contributed by atoms with van der Waals surface area (Å²) >= 11 is 1.63. The number of carboxylic acid groups (broad SMARTS) is 1. The average Bonchev–Trinajstić information content (AvgIpc) is 2.64. The monoisotopic (exact) mass is 373 g/mol. The number of carbonyl (C=O) groups is 2. The molecule has 1 amide bonds. The predicted octanol–water partition coefficient (Wildman–Crippen LogP) is 1.33. The Morgan fingerprint density at radius 1 is 1.19 bits per heavy atom. The molecular weight excluding hydrogens is 354 g/mol. The van der Waals surface area contributed by atoms with Crippen molar-refractivity contribution in [1.29, 1.82) is 0 Å². The molecule has 0 bridgehead atoms. The van der Waals surface area contributed by atoms with Gasteiger partial charge in [-0.25, -0.2) is 4.68 Å². The van der Waals surface area contributed by atoms with E-state index in [0.29, 0.717) is 18.0 Å². The molecule has 1 saturated heterocycles. The van der Waals surface area contributed by atoms with Crippen molar-refractivity contribution in [3.8, 4) is 11.3 Å². The first-order valence-electron chi connectivity index (χ1n) is 8.27. The summed E-state index contributed by atoms with van der Waals surface area (Å²) in [5, 5.41) is 13.3. The Morgan fingerprint density at radius 3 is 2.69 bits per heavy atom. The molecule has 8 heteroatoms. The van der Waals surface area contributed by atoms with Crippen LogP contribution in [0.15, 0.2) is 47.3 Å². The first kappa shape index (κ1) is 18.2. The lowest BCUT2D eigenvalue weighted by Crippen LogP contribution is -2.49. The largest absolute Gasteiger partial charge is 0.481 e. The van der Waals surface area contributed by atoms with Gasteiger partial charge in [-0.3, -0.25) is 14.4 Å². The van der Waals surface area contributed by atoms with Gasteiger partial charge in [0.25, 0.3) is 5.56 Å². The fourth-order valence-corrected chi connectivity index (χ4v) is 3.96. The minimum atomic E-state index is -0.934. The van der Waals surface area contributed by atoms with E-state index >= 15 is 0 Å². The molecule has 26 heavy (non-hydrogen) atoms. The van der Waals surface area contributed by atoms with Crippen LogP contribution in [-0.2, 0) is 16.1 Å². The number of carbonyl (C=O) groups excluding carboxylic acids is 1. The molecule has 1 N–H and O–H groups in total. The van der Waals surface area contributed by atoms with Gasteiger partial charge in [0, 0.05) is 29.7 Å². The van der Waals surface area contributed by atoms with Gasteiger partial charge in [-0.1, -0.05) is 30.3 Å². The Morgan fingerprint density at radius 2 is 1.96 bits per heavy atom. The van der Waals surface area contributed by atoms with Crippen molar-refractivity contribution in [2.45, 2.75) is 19.0 Å². The number of benzene rings is 1. The summed E-state index contributed by atoms with van der Waals surface area (Å²) in [7, 11) is 0. The van der Waals surface area contributed by atoms with Crippen LogP contribution < -0.4 is 5.56 Å². The lowest BCUT2D eigenvalue weighted by atomic mass is 10.1. The highest BCUT2D eigenvalue weighted by atomic mass is 32.2. The van der Waals surface area contributed by atoms with Crippen molar-refractivity contribution in [1.82, 2.24) is 14.7 Å². The average molecular weight is 373 g/mol. The van der Waals surface area contributed by atoms with E-state index in [0.717, 1.165) is 16.0 Å². The molecule has 1 aromatic heterocycles. The lowest BCUT2D eigenvalue weighted by molar-refractivity contribution is -0.140. The number of thioether (sulfide) groups is 1. The fourth-order valence-electron chi connectivity index (χ4n) is 2.90. The third kappa shape index (κ3) is 4.32. The second-order valence-electron chi connectivity index (χ2n) is 5.99. The summed E-state index contributed by atoms with van der Waals surface area (Å²) in [6, 6.07) is 12.1. The summed E-state index contributed by atoms with van der Waals surface area (Å²) in [5.74, 6) is 0.131. The Balaban J connectivity index is 1.80. The quantitative estimate of drug-likeness (QED) is 0.850. The Labute approximate surface area is 154 Å². The predicted molar refractivity (Wildman–Crippen MR) is 99.0 cm³/mol. The highest BCUT2D eigenvalue weighted by molar-refractivity contribution is 7.99. The van der Waals surface area contributed by atoms with Crippen LogP contribution in [0.1, 0.15) is 6.42 Å². The lowest BCUT2D eigenvalue weighted by Gasteiger charge is -2.34. The molecule has 1 aliphatic heterocycles. The van der Waals surface area contributed by atoms with Crippen LogP contribution in [0.4, 0.5) is 0 Å². The summed E-state index contributed by atoms with van der Waals surface area (Å²) in [4.78, 5) is 37.4. The Kier molecular flexibility index (Phi) is 5.72. The molecule has 136 valence electrons. The van der Waals surface area contributed by atoms with Crippen molar-refractivity contribution in [3.05, 3.63) is 52.8 Å². The Bertz CT molecular complexity index is 853. The van der Waals surface area contributed by atoms with E-state index in [9.17, 15) is 14.4 Å². The second-order valence-corrected chi connectivity index (χ2v) is 7.14. The van der Waals surface area contributed by atoms with E-state index in [4.69, 9.17) is 5.11 Å². The molecule has 0 radical (unpaired) electrons.